The standard InChI is InChI=1S/C19H14ClN3O2S/c20-13-5-3-11(4-6-13)18(25)23-19-21-10-14-15(22-19)8-12(9-16(14)24)17-2-1-7-26-17/h1-7,10,12H,8-9H2,(H,21,22,23,25)/t12-/m1/s1. The van der Waals surface area contributed by atoms with Crippen molar-refractivity contribution < 1.29 is 9.59 Å². The minimum absolute atomic E-state index is 0.0419. The number of rotatable bonds is 3. The first-order chi connectivity index (χ1) is 12.6. The summed E-state index contributed by atoms with van der Waals surface area (Å²) in [6, 6.07) is 10.6. The molecule has 1 aromatic carbocycles. The molecule has 0 unspecified atom stereocenters. The Kier molecular flexibility index (Phi) is 4.53. The van der Waals surface area contributed by atoms with Crippen LogP contribution in [0.15, 0.2) is 48.0 Å². The number of thiophene rings is 1. The first-order valence-electron chi connectivity index (χ1n) is 8.09. The van der Waals surface area contributed by atoms with Gasteiger partial charge in [0, 0.05) is 34.0 Å². The van der Waals surface area contributed by atoms with Crippen molar-refractivity contribution in [3.63, 3.8) is 0 Å². The first-order valence-corrected chi connectivity index (χ1v) is 9.35. The molecule has 0 spiro atoms. The van der Waals surface area contributed by atoms with E-state index in [1.165, 1.54) is 11.1 Å². The van der Waals surface area contributed by atoms with Gasteiger partial charge in [-0.1, -0.05) is 17.7 Å². The van der Waals surface area contributed by atoms with Gasteiger partial charge in [-0.05, 0) is 42.1 Å². The fourth-order valence-corrected chi connectivity index (χ4v) is 3.96. The molecule has 0 aliphatic heterocycles. The minimum Gasteiger partial charge on any atom is -0.294 e. The van der Waals surface area contributed by atoms with Crippen LogP contribution >= 0.6 is 22.9 Å². The monoisotopic (exact) mass is 383 g/mol. The zero-order valence-corrected chi connectivity index (χ0v) is 15.2. The summed E-state index contributed by atoms with van der Waals surface area (Å²) in [5.74, 6) is 0.0480. The lowest BCUT2D eigenvalue weighted by Gasteiger charge is -2.22. The SMILES string of the molecule is O=C(Nc1ncc2c(n1)C[C@@H](c1cccs1)CC2=O)c1ccc(Cl)cc1. The van der Waals surface area contributed by atoms with Crippen molar-refractivity contribution in [3.05, 3.63) is 74.7 Å². The molecule has 3 aromatic rings. The molecule has 1 amide bonds. The molecule has 2 heterocycles. The Labute approximate surface area is 159 Å². The highest BCUT2D eigenvalue weighted by molar-refractivity contribution is 7.10. The summed E-state index contributed by atoms with van der Waals surface area (Å²) in [5.41, 5.74) is 1.69. The quantitative estimate of drug-likeness (QED) is 0.729. The van der Waals surface area contributed by atoms with Gasteiger partial charge in [0.25, 0.3) is 5.91 Å². The van der Waals surface area contributed by atoms with Gasteiger partial charge < -0.3 is 0 Å². The zero-order valence-electron chi connectivity index (χ0n) is 13.6. The second-order valence-corrected chi connectivity index (χ2v) is 7.47. The van der Waals surface area contributed by atoms with E-state index in [-0.39, 0.29) is 23.6 Å². The lowest BCUT2D eigenvalue weighted by atomic mass is 9.86. The van der Waals surface area contributed by atoms with Gasteiger partial charge in [0.15, 0.2) is 5.78 Å². The number of hydrogen-bond acceptors (Lipinski definition) is 5. The van der Waals surface area contributed by atoms with Crippen LogP contribution in [0, 0.1) is 0 Å². The van der Waals surface area contributed by atoms with Crippen LogP contribution in [-0.4, -0.2) is 21.7 Å². The average molecular weight is 384 g/mol. The number of nitrogens with zero attached hydrogens (tertiary/aromatic N) is 2. The number of hydrogen-bond donors (Lipinski definition) is 1. The molecule has 1 aliphatic rings. The largest absolute Gasteiger partial charge is 0.294 e. The molecule has 0 bridgehead atoms. The maximum Gasteiger partial charge on any atom is 0.258 e. The van der Waals surface area contributed by atoms with Crippen LogP contribution in [0.25, 0.3) is 0 Å². The highest BCUT2D eigenvalue weighted by Gasteiger charge is 2.28. The molecule has 0 fully saturated rings. The predicted octanol–water partition coefficient (Wildman–Crippen LogP) is 4.36. The summed E-state index contributed by atoms with van der Waals surface area (Å²) in [5, 5.41) is 5.25. The summed E-state index contributed by atoms with van der Waals surface area (Å²) in [7, 11) is 0. The Morgan fingerprint density at radius 2 is 2.00 bits per heavy atom. The molecule has 5 nitrogen and oxygen atoms in total. The van der Waals surface area contributed by atoms with E-state index in [1.54, 1.807) is 35.6 Å². The number of ketones is 1. The Bertz CT molecular complexity index is 971. The van der Waals surface area contributed by atoms with E-state index in [1.807, 2.05) is 17.5 Å². The highest BCUT2D eigenvalue weighted by atomic mass is 35.5. The van der Waals surface area contributed by atoms with Gasteiger partial charge in [-0.15, -0.1) is 11.3 Å². The molecule has 0 saturated carbocycles. The van der Waals surface area contributed by atoms with Crippen LogP contribution in [0.3, 0.4) is 0 Å². The third-order valence-corrected chi connectivity index (χ3v) is 5.60. The first kappa shape index (κ1) is 16.9. The summed E-state index contributed by atoms with van der Waals surface area (Å²) in [6.07, 6.45) is 2.63. The molecule has 1 atom stereocenters. The van der Waals surface area contributed by atoms with Crippen LogP contribution in [0.1, 0.15) is 43.6 Å². The number of halogens is 1. The fourth-order valence-electron chi connectivity index (χ4n) is 3.00. The number of Topliss-reactive ketones (excluding diaryl/α,β-unsaturated/α-hetero) is 1. The lowest BCUT2D eigenvalue weighted by molar-refractivity contribution is 0.0963. The predicted molar refractivity (Wildman–Crippen MR) is 101 cm³/mol. The number of carbonyl (C=O) groups excluding carboxylic acids is 2. The number of nitrogens with one attached hydrogen (secondary N) is 1. The van der Waals surface area contributed by atoms with Crippen molar-refractivity contribution >= 4 is 40.6 Å². The number of benzene rings is 1. The molecule has 7 heteroatoms. The van der Waals surface area contributed by atoms with Crippen LogP contribution in [0.4, 0.5) is 5.95 Å². The molecule has 1 N–H and O–H groups in total. The summed E-state index contributed by atoms with van der Waals surface area (Å²) < 4.78 is 0. The molecular weight excluding hydrogens is 370 g/mol. The van der Waals surface area contributed by atoms with Crippen LogP contribution in [-0.2, 0) is 6.42 Å². The number of carbonyl (C=O) groups is 2. The van der Waals surface area contributed by atoms with E-state index >= 15 is 0 Å². The molecule has 1 aliphatic carbocycles. The Morgan fingerprint density at radius 1 is 1.19 bits per heavy atom. The van der Waals surface area contributed by atoms with Gasteiger partial charge in [-0.2, -0.15) is 0 Å². The van der Waals surface area contributed by atoms with Gasteiger partial charge in [0.2, 0.25) is 5.95 Å². The van der Waals surface area contributed by atoms with E-state index in [0.717, 1.165) is 0 Å². The van der Waals surface area contributed by atoms with E-state index in [9.17, 15) is 9.59 Å². The summed E-state index contributed by atoms with van der Waals surface area (Å²) >= 11 is 7.48. The van der Waals surface area contributed by atoms with Crippen LogP contribution < -0.4 is 5.32 Å². The van der Waals surface area contributed by atoms with E-state index < -0.39 is 0 Å². The Hall–Kier alpha value is -2.57. The van der Waals surface area contributed by atoms with Gasteiger partial charge in [0.05, 0.1) is 11.3 Å². The smallest absolute Gasteiger partial charge is 0.258 e. The average Bonchev–Trinajstić information content (AvgIpc) is 3.16. The maximum absolute atomic E-state index is 12.4. The molecule has 26 heavy (non-hydrogen) atoms. The maximum atomic E-state index is 12.4. The molecule has 0 radical (unpaired) electrons. The number of fused-ring (bicyclic) bond motifs is 1. The molecule has 2 aromatic heterocycles. The zero-order chi connectivity index (χ0) is 18.1. The van der Waals surface area contributed by atoms with Crippen molar-refractivity contribution in [2.45, 2.75) is 18.8 Å². The number of amides is 1. The summed E-state index contributed by atoms with van der Waals surface area (Å²) in [6.45, 7) is 0. The fraction of sp³-hybridized carbons (Fsp3) is 0.158. The topological polar surface area (TPSA) is 72.0 Å². The Morgan fingerprint density at radius 3 is 2.73 bits per heavy atom. The van der Waals surface area contributed by atoms with E-state index in [2.05, 4.69) is 15.3 Å². The third-order valence-electron chi connectivity index (χ3n) is 4.32. The highest BCUT2D eigenvalue weighted by Crippen LogP contribution is 2.34. The van der Waals surface area contributed by atoms with Gasteiger partial charge in [-0.25, -0.2) is 9.97 Å². The van der Waals surface area contributed by atoms with Crippen molar-refractivity contribution in [1.29, 1.82) is 0 Å². The summed E-state index contributed by atoms with van der Waals surface area (Å²) in [4.78, 5) is 34.4. The van der Waals surface area contributed by atoms with Crippen LogP contribution in [0.2, 0.25) is 5.02 Å². The second-order valence-electron chi connectivity index (χ2n) is 6.06. The normalized spacial score (nSPS) is 16.2. The third kappa shape index (κ3) is 3.38. The lowest BCUT2D eigenvalue weighted by Crippen LogP contribution is -2.22. The van der Waals surface area contributed by atoms with E-state index in [0.29, 0.717) is 34.7 Å². The van der Waals surface area contributed by atoms with Gasteiger partial charge in [0.1, 0.15) is 0 Å². The van der Waals surface area contributed by atoms with Crippen molar-refractivity contribution in [2.24, 2.45) is 0 Å². The number of anilines is 1. The van der Waals surface area contributed by atoms with Crippen molar-refractivity contribution in [2.75, 3.05) is 5.32 Å². The minimum atomic E-state index is -0.321. The molecular formula is C19H14ClN3O2S. The van der Waals surface area contributed by atoms with Crippen molar-refractivity contribution in [1.82, 2.24) is 9.97 Å². The molecule has 4 rings (SSSR count). The molecule has 0 saturated heterocycles. The van der Waals surface area contributed by atoms with Crippen molar-refractivity contribution in [3.8, 4) is 0 Å². The van der Waals surface area contributed by atoms with Gasteiger partial charge >= 0.3 is 0 Å². The van der Waals surface area contributed by atoms with Gasteiger partial charge in [-0.3, -0.25) is 14.9 Å². The molecule has 130 valence electrons. The van der Waals surface area contributed by atoms with Crippen LogP contribution in [0.5, 0.6) is 0 Å². The second kappa shape index (κ2) is 6.97. The Balaban J connectivity index is 1.56. The van der Waals surface area contributed by atoms with E-state index in [4.69, 9.17) is 11.6 Å². The number of aromatic nitrogens is 2.